The first kappa shape index (κ1) is 22.5. The Labute approximate surface area is 196 Å². The Balaban J connectivity index is 1.52. The van der Waals surface area contributed by atoms with Gasteiger partial charge in [-0.25, -0.2) is 15.1 Å². The van der Waals surface area contributed by atoms with Gasteiger partial charge in [0.05, 0.1) is 16.9 Å². The third-order valence-electron chi connectivity index (χ3n) is 4.95. The number of carbonyl (C=O) groups excluding carboxylic acids is 1. The number of hydrogen-bond acceptors (Lipinski definition) is 7. The van der Waals surface area contributed by atoms with E-state index in [1.54, 1.807) is 47.3 Å². The minimum absolute atomic E-state index is 0.153. The number of thiol groups is 1. The van der Waals surface area contributed by atoms with Crippen LogP contribution in [0, 0.1) is 5.41 Å². The molecule has 4 aromatic rings. The van der Waals surface area contributed by atoms with Crippen molar-refractivity contribution in [3.63, 3.8) is 0 Å². The standard InChI is InChI=1S/C24H24N6O2S/c1-24(2,33)15-19(25)16-6-3-7-17(14-16)30(32)28-23(31)21-11-10-18-20(27-21)8-4-9-22(18)29-13-5-12-26-29/h3-14,25,32-33H,15H2,1-2H3,(H,28,31). The Kier molecular flexibility index (Phi) is 6.17. The van der Waals surface area contributed by atoms with Gasteiger partial charge < -0.3 is 5.41 Å². The van der Waals surface area contributed by atoms with Gasteiger partial charge in [-0.2, -0.15) is 22.9 Å². The van der Waals surface area contributed by atoms with E-state index >= 15 is 0 Å². The summed E-state index contributed by atoms with van der Waals surface area (Å²) in [5.41, 5.74) is 5.40. The number of nitrogens with one attached hydrogen (secondary N) is 2. The molecule has 0 aliphatic heterocycles. The predicted octanol–water partition coefficient (Wildman–Crippen LogP) is 4.43. The van der Waals surface area contributed by atoms with E-state index in [-0.39, 0.29) is 10.4 Å². The molecule has 9 heteroatoms. The summed E-state index contributed by atoms with van der Waals surface area (Å²) in [5.74, 6) is -0.569. The monoisotopic (exact) mass is 460 g/mol. The molecule has 2 heterocycles. The summed E-state index contributed by atoms with van der Waals surface area (Å²) in [6.45, 7) is 3.86. The van der Waals surface area contributed by atoms with Crippen LogP contribution in [0.2, 0.25) is 0 Å². The SMILES string of the molecule is CC(C)(S)CC(=N)c1cccc(N(O)NC(=O)c2ccc3c(-n4cccn4)cccc3n2)c1. The number of anilines is 1. The first-order chi connectivity index (χ1) is 15.7. The Hall–Kier alpha value is -3.69. The molecule has 1 amide bonds. The summed E-state index contributed by atoms with van der Waals surface area (Å²) in [6, 6.07) is 17.6. The average Bonchev–Trinajstić information content (AvgIpc) is 3.32. The van der Waals surface area contributed by atoms with Crippen LogP contribution in [0.4, 0.5) is 5.69 Å². The molecule has 0 bridgehead atoms. The second-order valence-electron chi connectivity index (χ2n) is 8.26. The van der Waals surface area contributed by atoms with E-state index in [4.69, 9.17) is 5.41 Å². The number of benzene rings is 2. The van der Waals surface area contributed by atoms with Crippen molar-refractivity contribution in [1.29, 1.82) is 5.41 Å². The molecule has 0 atom stereocenters. The lowest BCUT2D eigenvalue weighted by atomic mass is 9.99. The quantitative estimate of drug-likeness (QED) is 0.185. The lowest BCUT2D eigenvalue weighted by molar-refractivity contribution is 0.0875. The molecule has 0 saturated heterocycles. The molecule has 0 aliphatic carbocycles. The first-order valence-corrected chi connectivity index (χ1v) is 10.8. The number of amides is 1. The summed E-state index contributed by atoms with van der Waals surface area (Å²) < 4.78 is 1.40. The van der Waals surface area contributed by atoms with Crippen molar-refractivity contribution >= 4 is 40.8 Å². The number of hydrazine groups is 1. The van der Waals surface area contributed by atoms with Crippen LogP contribution in [-0.2, 0) is 0 Å². The van der Waals surface area contributed by atoms with Crippen LogP contribution in [0.25, 0.3) is 16.6 Å². The van der Waals surface area contributed by atoms with Gasteiger partial charge in [-0.3, -0.25) is 10.0 Å². The fourth-order valence-electron chi connectivity index (χ4n) is 3.45. The molecular formula is C24H24N6O2S. The Morgan fingerprint density at radius 1 is 1.18 bits per heavy atom. The third-order valence-corrected chi connectivity index (χ3v) is 5.11. The van der Waals surface area contributed by atoms with Crippen molar-refractivity contribution in [3.05, 3.63) is 84.3 Å². The minimum Gasteiger partial charge on any atom is -0.305 e. The summed E-state index contributed by atoms with van der Waals surface area (Å²) in [5, 5.41) is 24.5. The summed E-state index contributed by atoms with van der Waals surface area (Å²) >= 11 is 4.48. The first-order valence-electron chi connectivity index (χ1n) is 10.3. The number of fused-ring (bicyclic) bond motifs is 1. The fourth-order valence-corrected chi connectivity index (χ4v) is 3.61. The fraction of sp³-hybridized carbons (Fsp3) is 0.167. The van der Waals surface area contributed by atoms with Crippen LogP contribution in [-0.4, -0.2) is 36.3 Å². The van der Waals surface area contributed by atoms with Crippen LogP contribution in [0.3, 0.4) is 0 Å². The van der Waals surface area contributed by atoms with Crippen molar-refractivity contribution in [2.24, 2.45) is 0 Å². The molecule has 3 N–H and O–H groups in total. The average molecular weight is 461 g/mol. The maximum Gasteiger partial charge on any atom is 0.290 e. The van der Waals surface area contributed by atoms with Gasteiger partial charge >= 0.3 is 0 Å². The van der Waals surface area contributed by atoms with Crippen LogP contribution in [0.5, 0.6) is 0 Å². The molecule has 0 spiro atoms. The number of hydrogen-bond donors (Lipinski definition) is 4. The zero-order valence-corrected chi connectivity index (χ0v) is 19.1. The zero-order chi connectivity index (χ0) is 23.6. The summed E-state index contributed by atoms with van der Waals surface area (Å²) in [6.07, 6.45) is 3.99. The largest absolute Gasteiger partial charge is 0.305 e. The molecule has 0 radical (unpaired) electrons. The molecule has 2 aromatic heterocycles. The molecule has 2 aromatic carbocycles. The maximum atomic E-state index is 12.7. The van der Waals surface area contributed by atoms with E-state index in [2.05, 4.69) is 28.1 Å². The highest BCUT2D eigenvalue weighted by atomic mass is 32.1. The molecular weight excluding hydrogens is 436 g/mol. The van der Waals surface area contributed by atoms with Crippen molar-refractivity contribution in [2.75, 3.05) is 5.17 Å². The van der Waals surface area contributed by atoms with Gasteiger partial charge in [-0.1, -0.05) is 32.0 Å². The van der Waals surface area contributed by atoms with Gasteiger partial charge in [0.25, 0.3) is 5.91 Å². The van der Waals surface area contributed by atoms with Gasteiger partial charge in [0.15, 0.2) is 0 Å². The third kappa shape index (κ3) is 5.21. The minimum atomic E-state index is -0.569. The molecule has 0 saturated carbocycles. The van der Waals surface area contributed by atoms with Gasteiger partial charge in [-0.05, 0) is 48.0 Å². The Bertz CT molecular complexity index is 1310. The highest BCUT2D eigenvalue weighted by Crippen LogP contribution is 2.23. The van der Waals surface area contributed by atoms with Gasteiger partial charge in [-0.15, -0.1) is 0 Å². The van der Waals surface area contributed by atoms with Crippen LogP contribution < -0.4 is 10.6 Å². The van der Waals surface area contributed by atoms with Crippen LogP contribution in [0.15, 0.2) is 73.1 Å². The lowest BCUT2D eigenvalue weighted by Crippen LogP contribution is -2.40. The van der Waals surface area contributed by atoms with E-state index in [9.17, 15) is 10.0 Å². The van der Waals surface area contributed by atoms with E-state index in [0.29, 0.717) is 34.1 Å². The highest BCUT2D eigenvalue weighted by Gasteiger charge is 2.18. The normalized spacial score (nSPS) is 11.4. The van der Waals surface area contributed by atoms with Gasteiger partial charge in [0.2, 0.25) is 0 Å². The number of nitrogens with zero attached hydrogens (tertiary/aromatic N) is 4. The summed E-state index contributed by atoms with van der Waals surface area (Å²) in [4.78, 5) is 17.2. The van der Waals surface area contributed by atoms with Crippen molar-refractivity contribution < 1.29 is 10.0 Å². The topological polar surface area (TPSA) is 107 Å². The summed E-state index contributed by atoms with van der Waals surface area (Å²) in [7, 11) is 0. The second kappa shape index (κ2) is 9.05. The molecule has 8 nitrogen and oxygen atoms in total. The zero-order valence-electron chi connectivity index (χ0n) is 18.2. The number of pyridine rings is 1. The smallest absolute Gasteiger partial charge is 0.290 e. The number of aromatic nitrogens is 3. The molecule has 33 heavy (non-hydrogen) atoms. The van der Waals surface area contributed by atoms with Crippen molar-refractivity contribution in [3.8, 4) is 5.69 Å². The van der Waals surface area contributed by atoms with Gasteiger partial charge in [0.1, 0.15) is 5.69 Å². The maximum absolute atomic E-state index is 12.7. The van der Waals surface area contributed by atoms with Crippen molar-refractivity contribution in [1.82, 2.24) is 20.2 Å². The number of carbonyl (C=O) groups is 1. The lowest BCUT2D eigenvalue weighted by Gasteiger charge is -2.20. The van der Waals surface area contributed by atoms with E-state index in [0.717, 1.165) is 11.1 Å². The molecule has 168 valence electrons. The van der Waals surface area contributed by atoms with Crippen LogP contribution >= 0.6 is 12.6 Å². The Morgan fingerprint density at radius 3 is 2.70 bits per heavy atom. The highest BCUT2D eigenvalue weighted by molar-refractivity contribution is 7.81. The van der Waals surface area contributed by atoms with E-state index in [1.165, 1.54) is 0 Å². The van der Waals surface area contributed by atoms with Crippen molar-refractivity contribution in [2.45, 2.75) is 25.0 Å². The van der Waals surface area contributed by atoms with Crippen LogP contribution in [0.1, 0.15) is 36.3 Å². The predicted molar refractivity (Wildman–Crippen MR) is 132 cm³/mol. The van der Waals surface area contributed by atoms with E-state index < -0.39 is 5.91 Å². The Morgan fingerprint density at radius 2 is 1.97 bits per heavy atom. The molecule has 0 fully saturated rings. The van der Waals surface area contributed by atoms with Gasteiger partial charge in [0, 0.05) is 34.7 Å². The van der Waals surface area contributed by atoms with E-state index in [1.807, 2.05) is 44.3 Å². The molecule has 0 aliphatic rings. The second-order valence-corrected chi connectivity index (χ2v) is 9.47. The number of rotatable bonds is 7. The molecule has 4 rings (SSSR count). The molecule has 0 unspecified atom stereocenters.